The molecule has 0 saturated carbocycles. The van der Waals surface area contributed by atoms with Crippen LogP contribution in [0, 0.1) is 6.92 Å². The van der Waals surface area contributed by atoms with Crippen molar-refractivity contribution in [3.8, 4) is 0 Å². The zero-order valence-corrected chi connectivity index (χ0v) is 12.5. The van der Waals surface area contributed by atoms with E-state index in [9.17, 15) is 0 Å². The highest BCUT2D eigenvalue weighted by atomic mass is 35.5. The monoisotopic (exact) mass is 310 g/mol. The highest BCUT2D eigenvalue weighted by Crippen LogP contribution is 2.32. The molecule has 0 fully saturated rings. The highest BCUT2D eigenvalue weighted by Gasteiger charge is 2.06. The van der Waals surface area contributed by atoms with Gasteiger partial charge < -0.3 is 11.1 Å². The van der Waals surface area contributed by atoms with E-state index < -0.39 is 0 Å². The zero-order chi connectivity index (χ0) is 14.0. The van der Waals surface area contributed by atoms with Gasteiger partial charge in [0.2, 0.25) is 0 Å². The molecule has 0 aliphatic rings. The van der Waals surface area contributed by atoms with Crippen molar-refractivity contribution in [1.29, 1.82) is 0 Å². The van der Waals surface area contributed by atoms with Crippen molar-refractivity contribution in [3.05, 3.63) is 57.6 Å². The number of nitrogens with one attached hydrogen (secondary N) is 1. The summed E-state index contributed by atoms with van der Waals surface area (Å²) in [4.78, 5) is 0.393. The number of nitrogens with two attached hydrogens (primary N) is 1. The van der Waals surface area contributed by atoms with Crippen molar-refractivity contribution in [2.75, 3.05) is 5.32 Å². The van der Waals surface area contributed by atoms with Crippen LogP contribution in [-0.4, -0.2) is 4.99 Å². The third kappa shape index (κ3) is 3.18. The maximum absolute atomic E-state index is 6.13. The lowest BCUT2D eigenvalue weighted by atomic mass is 10.1. The number of hydrogen-bond acceptors (Lipinski definition) is 2. The molecule has 2 nitrogen and oxygen atoms in total. The van der Waals surface area contributed by atoms with Gasteiger partial charge >= 0.3 is 0 Å². The van der Waals surface area contributed by atoms with Gasteiger partial charge in [-0.2, -0.15) is 0 Å². The fourth-order valence-corrected chi connectivity index (χ4v) is 2.35. The summed E-state index contributed by atoms with van der Waals surface area (Å²) in [6.07, 6.45) is 0. The molecular formula is C14H12Cl2N2S. The minimum absolute atomic E-state index is 0.393. The number of aryl methyl sites for hydroxylation is 1. The second-order valence-corrected chi connectivity index (χ2v) is 5.35. The molecular weight excluding hydrogens is 299 g/mol. The van der Waals surface area contributed by atoms with E-state index in [-0.39, 0.29) is 0 Å². The van der Waals surface area contributed by atoms with E-state index in [1.807, 2.05) is 37.3 Å². The minimum Gasteiger partial charge on any atom is -0.389 e. The van der Waals surface area contributed by atoms with Gasteiger partial charge in [-0.05, 0) is 42.8 Å². The Kier molecular flexibility index (Phi) is 4.30. The summed E-state index contributed by atoms with van der Waals surface area (Å²) in [5, 5.41) is 4.24. The average molecular weight is 311 g/mol. The molecule has 0 amide bonds. The van der Waals surface area contributed by atoms with Crippen LogP contribution in [0.25, 0.3) is 0 Å². The van der Waals surface area contributed by atoms with E-state index >= 15 is 0 Å². The summed E-state index contributed by atoms with van der Waals surface area (Å²) in [6, 6.07) is 11.2. The molecule has 5 heteroatoms. The third-order valence-electron chi connectivity index (χ3n) is 2.72. The van der Waals surface area contributed by atoms with Gasteiger partial charge in [-0.3, -0.25) is 0 Å². The van der Waals surface area contributed by atoms with Gasteiger partial charge in [-0.15, -0.1) is 0 Å². The standard InChI is InChI=1S/C14H12Cl2N2S/c1-8-7-9(5-6-10(8)14(17)19)18-12-4-2-3-11(15)13(12)16/h2-7,18H,1H3,(H2,17,19). The highest BCUT2D eigenvalue weighted by molar-refractivity contribution is 7.80. The third-order valence-corrected chi connectivity index (χ3v) is 3.76. The maximum atomic E-state index is 6.13. The van der Waals surface area contributed by atoms with Crippen LogP contribution in [0.1, 0.15) is 11.1 Å². The molecule has 0 aliphatic carbocycles. The van der Waals surface area contributed by atoms with Crippen molar-refractivity contribution in [2.45, 2.75) is 6.92 Å². The smallest absolute Gasteiger partial charge is 0.104 e. The molecule has 19 heavy (non-hydrogen) atoms. The predicted octanol–water partition coefficient (Wildman–Crippen LogP) is 4.68. The minimum atomic E-state index is 0.393. The van der Waals surface area contributed by atoms with E-state index in [0.29, 0.717) is 15.0 Å². The lowest BCUT2D eigenvalue weighted by Crippen LogP contribution is -2.11. The van der Waals surface area contributed by atoms with E-state index in [1.54, 1.807) is 6.07 Å². The topological polar surface area (TPSA) is 38.0 Å². The van der Waals surface area contributed by atoms with E-state index in [1.165, 1.54) is 0 Å². The number of rotatable bonds is 3. The van der Waals surface area contributed by atoms with Crippen LogP contribution in [0.2, 0.25) is 10.0 Å². The van der Waals surface area contributed by atoms with Gasteiger partial charge in [-0.1, -0.05) is 41.5 Å². The molecule has 3 N–H and O–H groups in total. The number of thiocarbonyl (C=S) groups is 1. The molecule has 98 valence electrons. The molecule has 0 atom stereocenters. The molecule has 0 saturated heterocycles. The number of benzene rings is 2. The van der Waals surface area contributed by atoms with Crippen LogP contribution in [0.3, 0.4) is 0 Å². The first-order valence-electron chi connectivity index (χ1n) is 5.60. The molecule has 2 aromatic rings. The molecule has 0 spiro atoms. The van der Waals surface area contributed by atoms with Crippen LogP contribution in [0.15, 0.2) is 36.4 Å². The van der Waals surface area contributed by atoms with Gasteiger partial charge in [0, 0.05) is 11.3 Å². The Morgan fingerprint density at radius 1 is 1.21 bits per heavy atom. The Bertz CT molecular complexity index is 641. The predicted molar refractivity (Wildman–Crippen MR) is 86.8 cm³/mol. The fraction of sp³-hybridized carbons (Fsp3) is 0.0714. The normalized spacial score (nSPS) is 10.3. The Balaban J connectivity index is 2.32. The Labute approximate surface area is 127 Å². The Hall–Kier alpha value is -1.29. The molecule has 0 heterocycles. The first-order chi connectivity index (χ1) is 8.99. The second kappa shape index (κ2) is 5.78. The average Bonchev–Trinajstić information content (AvgIpc) is 2.34. The zero-order valence-electron chi connectivity index (χ0n) is 10.2. The molecule has 0 bridgehead atoms. The summed E-state index contributed by atoms with van der Waals surface area (Å²) in [7, 11) is 0. The first-order valence-corrected chi connectivity index (χ1v) is 6.77. The Morgan fingerprint density at radius 2 is 1.95 bits per heavy atom. The molecule has 0 unspecified atom stereocenters. The fourth-order valence-electron chi connectivity index (χ4n) is 1.77. The van der Waals surface area contributed by atoms with Gasteiger partial charge in [-0.25, -0.2) is 0 Å². The van der Waals surface area contributed by atoms with Gasteiger partial charge in [0.25, 0.3) is 0 Å². The van der Waals surface area contributed by atoms with E-state index in [4.69, 9.17) is 41.2 Å². The molecule has 2 aromatic carbocycles. The van der Waals surface area contributed by atoms with E-state index in [0.717, 1.165) is 22.5 Å². The quantitative estimate of drug-likeness (QED) is 0.808. The van der Waals surface area contributed by atoms with Crippen LogP contribution in [0.5, 0.6) is 0 Å². The number of hydrogen-bond donors (Lipinski definition) is 2. The van der Waals surface area contributed by atoms with Crippen molar-refractivity contribution < 1.29 is 0 Å². The maximum Gasteiger partial charge on any atom is 0.104 e. The Morgan fingerprint density at radius 3 is 2.58 bits per heavy atom. The molecule has 0 aromatic heterocycles. The second-order valence-electron chi connectivity index (χ2n) is 4.12. The molecule has 0 aliphatic heterocycles. The van der Waals surface area contributed by atoms with Crippen molar-refractivity contribution in [3.63, 3.8) is 0 Å². The summed E-state index contributed by atoms with van der Waals surface area (Å²) in [6.45, 7) is 1.96. The number of anilines is 2. The lowest BCUT2D eigenvalue weighted by molar-refractivity contribution is 1.42. The van der Waals surface area contributed by atoms with Crippen LogP contribution < -0.4 is 11.1 Å². The van der Waals surface area contributed by atoms with Crippen LogP contribution in [-0.2, 0) is 0 Å². The van der Waals surface area contributed by atoms with Crippen molar-refractivity contribution in [2.24, 2.45) is 5.73 Å². The lowest BCUT2D eigenvalue weighted by Gasteiger charge is -2.11. The van der Waals surface area contributed by atoms with Crippen molar-refractivity contribution in [1.82, 2.24) is 0 Å². The summed E-state index contributed by atoms with van der Waals surface area (Å²) in [5.74, 6) is 0. The summed E-state index contributed by atoms with van der Waals surface area (Å²) in [5.41, 5.74) is 9.18. The number of halogens is 2. The van der Waals surface area contributed by atoms with Crippen molar-refractivity contribution >= 4 is 51.8 Å². The van der Waals surface area contributed by atoms with Crippen LogP contribution in [0.4, 0.5) is 11.4 Å². The molecule has 2 rings (SSSR count). The largest absolute Gasteiger partial charge is 0.389 e. The van der Waals surface area contributed by atoms with Crippen LogP contribution >= 0.6 is 35.4 Å². The SMILES string of the molecule is Cc1cc(Nc2cccc(Cl)c2Cl)ccc1C(N)=S. The van der Waals surface area contributed by atoms with Gasteiger partial charge in [0.1, 0.15) is 4.99 Å². The molecule has 0 radical (unpaired) electrons. The summed E-state index contributed by atoms with van der Waals surface area (Å²) >= 11 is 17.1. The van der Waals surface area contributed by atoms with Gasteiger partial charge in [0.15, 0.2) is 0 Å². The van der Waals surface area contributed by atoms with Gasteiger partial charge in [0.05, 0.1) is 15.7 Å². The van der Waals surface area contributed by atoms with E-state index in [2.05, 4.69) is 5.32 Å². The first kappa shape index (κ1) is 14.1. The summed E-state index contributed by atoms with van der Waals surface area (Å²) < 4.78 is 0.